The van der Waals surface area contributed by atoms with Crippen molar-refractivity contribution in [2.45, 2.75) is 31.2 Å². The van der Waals surface area contributed by atoms with Crippen molar-refractivity contribution in [3.8, 4) is 5.69 Å². The molecule has 0 fully saturated rings. The summed E-state index contributed by atoms with van der Waals surface area (Å²) in [5, 5.41) is 12.2. The fraction of sp³-hybridized carbons (Fsp3) is 0.179. The minimum absolute atomic E-state index is 0.00623. The molecule has 0 aliphatic carbocycles. The Kier molecular flexibility index (Phi) is 8.27. The average molecular weight is 517 g/mol. The van der Waals surface area contributed by atoms with Gasteiger partial charge in [0, 0.05) is 38.1 Å². The van der Waals surface area contributed by atoms with Gasteiger partial charge < -0.3 is 5.11 Å². The number of pyridine rings is 1. The Morgan fingerprint density at radius 2 is 1.73 bits per heavy atom. The van der Waals surface area contributed by atoms with Crippen LogP contribution in [0.5, 0.6) is 0 Å². The SMILES string of the molecule is C=CC(c1ccccn1)S(=O)(=O)N(Cc1ccc(-n2cccn2)cc1)Cc1cccc(CCC(=O)O)c1. The molecule has 0 saturated carbocycles. The van der Waals surface area contributed by atoms with Gasteiger partial charge >= 0.3 is 5.97 Å². The summed E-state index contributed by atoms with van der Waals surface area (Å²) in [7, 11) is -3.91. The van der Waals surface area contributed by atoms with E-state index in [0.29, 0.717) is 12.1 Å². The van der Waals surface area contributed by atoms with Crippen LogP contribution in [0.3, 0.4) is 0 Å². The highest BCUT2D eigenvalue weighted by atomic mass is 32.2. The normalized spacial score (nSPS) is 12.4. The lowest BCUT2D eigenvalue weighted by Gasteiger charge is -2.26. The second kappa shape index (κ2) is 11.8. The first kappa shape index (κ1) is 26.0. The van der Waals surface area contributed by atoms with Crippen LogP contribution in [0.25, 0.3) is 5.69 Å². The van der Waals surface area contributed by atoms with Gasteiger partial charge in [-0.1, -0.05) is 48.5 Å². The quantitative estimate of drug-likeness (QED) is 0.277. The van der Waals surface area contributed by atoms with Gasteiger partial charge in [-0.15, -0.1) is 6.58 Å². The molecule has 0 saturated heterocycles. The molecule has 0 amide bonds. The summed E-state index contributed by atoms with van der Waals surface area (Å²) in [6, 6.07) is 21.9. The second-order valence-electron chi connectivity index (χ2n) is 8.55. The zero-order chi connectivity index (χ0) is 26.3. The van der Waals surface area contributed by atoms with E-state index in [9.17, 15) is 13.2 Å². The van der Waals surface area contributed by atoms with E-state index in [1.807, 2.05) is 60.8 Å². The van der Waals surface area contributed by atoms with Crippen molar-refractivity contribution in [2.75, 3.05) is 0 Å². The molecule has 2 aromatic heterocycles. The van der Waals surface area contributed by atoms with Crippen LogP contribution in [-0.2, 0) is 34.3 Å². The van der Waals surface area contributed by atoms with Gasteiger partial charge in [0.15, 0.2) is 0 Å². The van der Waals surface area contributed by atoms with Crippen LogP contribution in [0.2, 0.25) is 0 Å². The average Bonchev–Trinajstić information content (AvgIpc) is 3.44. The zero-order valence-corrected chi connectivity index (χ0v) is 21.0. The molecule has 4 aromatic rings. The molecule has 2 heterocycles. The van der Waals surface area contributed by atoms with E-state index >= 15 is 0 Å². The Morgan fingerprint density at radius 3 is 2.38 bits per heavy atom. The third-order valence-electron chi connectivity index (χ3n) is 5.92. The van der Waals surface area contributed by atoms with E-state index in [4.69, 9.17) is 5.11 Å². The first-order valence-corrected chi connectivity index (χ1v) is 13.3. The number of carboxylic acids is 1. The highest BCUT2D eigenvalue weighted by molar-refractivity contribution is 7.89. The number of carboxylic acid groups (broad SMARTS) is 1. The van der Waals surface area contributed by atoms with E-state index in [1.165, 1.54) is 10.4 Å². The van der Waals surface area contributed by atoms with Crippen molar-refractivity contribution < 1.29 is 18.3 Å². The van der Waals surface area contributed by atoms with Crippen molar-refractivity contribution in [2.24, 2.45) is 0 Å². The number of rotatable bonds is 12. The number of hydrogen-bond donors (Lipinski definition) is 1. The van der Waals surface area contributed by atoms with Crippen LogP contribution in [-0.4, -0.2) is 38.6 Å². The molecular weight excluding hydrogens is 488 g/mol. The van der Waals surface area contributed by atoms with Crippen LogP contribution in [0, 0.1) is 0 Å². The number of hydrogen-bond acceptors (Lipinski definition) is 5. The lowest BCUT2D eigenvalue weighted by molar-refractivity contribution is -0.136. The molecular formula is C28H28N4O4S. The summed E-state index contributed by atoms with van der Waals surface area (Å²) in [5.41, 5.74) is 3.68. The maximum absolute atomic E-state index is 13.9. The monoisotopic (exact) mass is 516 g/mol. The molecule has 1 atom stereocenters. The highest BCUT2D eigenvalue weighted by Crippen LogP contribution is 2.28. The molecule has 190 valence electrons. The highest BCUT2D eigenvalue weighted by Gasteiger charge is 2.32. The molecule has 8 nitrogen and oxygen atoms in total. The molecule has 0 aliphatic rings. The van der Waals surface area contributed by atoms with E-state index in [-0.39, 0.29) is 19.5 Å². The van der Waals surface area contributed by atoms with Gasteiger partial charge in [0.25, 0.3) is 0 Å². The largest absolute Gasteiger partial charge is 0.481 e. The van der Waals surface area contributed by atoms with Crippen LogP contribution >= 0.6 is 0 Å². The number of nitrogens with zero attached hydrogens (tertiary/aromatic N) is 4. The maximum Gasteiger partial charge on any atom is 0.303 e. The first-order chi connectivity index (χ1) is 17.9. The van der Waals surface area contributed by atoms with Gasteiger partial charge in [-0.3, -0.25) is 9.78 Å². The van der Waals surface area contributed by atoms with Gasteiger partial charge in [-0.2, -0.15) is 9.40 Å². The first-order valence-electron chi connectivity index (χ1n) is 11.8. The fourth-order valence-electron chi connectivity index (χ4n) is 4.05. The predicted octanol–water partition coefficient (Wildman–Crippen LogP) is 4.54. The third kappa shape index (κ3) is 6.58. The van der Waals surface area contributed by atoms with Gasteiger partial charge in [0.2, 0.25) is 10.0 Å². The Balaban J connectivity index is 1.65. The lowest BCUT2D eigenvalue weighted by atomic mass is 10.1. The predicted molar refractivity (Wildman–Crippen MR) is 141 cm³/mol. The number of benzene rings is 2. The summed E-state index contributed by atoms with van der Waals surface area (Å²) >= 11 is 0. The number of aliphatic carboxylic acids is 1. The van der Waals surface area contributed by atoms with Crippen LogP contribution in [0.15, 0.2) is 104 Å². The molecule has 0 radical (unpaired) electrons. The van der Waals surface area contributed by atoms with Crippen molar-refractivity contribution in [1.29, 1.82) is 0 Å². The molecule has 0 bridgehead atoms. The van der Waals surface area contributed by atoms with Gasteiger partial charge in [-0.05, 0) is 53.4 Å². The molecule has 1 N–H and O–H groups in total. The number of aromatic nitrogens is 3. The molecule has 1 unspecified atom stereocenters. The van der Waals surface area contributed by atoms with Crippen molar-refractivity contribution >= 4 is 16.0 Å². The van der Waals surface area contributed by atoms with Crippen molar-refractivity contribution in [3.63, 3.8) is 0 Å². The minimum Gasteiger partial charge on any atom is -0.481 e. The van der Waals surface area contributed by atoms with Gasteiger partial charge in [-0.25, -0.2) is 13.1 Å². The summed E-state index contributed by atoms with van der Waals surface area (Å²) in [5.74, 6) is -0.877. The Bertz CT molecular complexity index is 1440. The Labute approximate surface area is 216 Å². The minimum atomic E-state index is -3.91. The Hall–Kier alpha value is -4.08. The molecule has 0 spiro atoms. The lowest BCUT2D eigenvalue weighted by Crippen LogP contribution is -2.34. The van der Waals surface area contributed by atoms with Gasteiger partial charge in [0.05, 0.1) is 11.4 Å². The van der Waals surface area contributed by atoms with E-state index < -0.39 is 21.2 Å². The number of sulfonamides is 1. The molecule has 4 rings (SSSR count). The van der Waals surface area contributed by atoms with Crippen LogP contribution < -0.4 is 0 Å². The summed E-state index contributed by atoms with van der Waals surface area (Å²) in [6.07, 6.45) is 6.87. The summed E-state index contributed by atoms with van der Waals surface area (Å²) < 4.78 is 31.1. The Morgan fingerprint density at radius 1 is 0.973 bits per heavy atom. The maximum atomic E-state index is 13.9. The van der Waals surface area contributed by atoms with E-state index in [1.54, 1.807) is 35.3 Å². The zero-order valence-electron chi connectivity index (χ0n) is 20.2. The molecule has 37 heavy (non-hydrogen) atoms. The van der Waals surface area contributed by atoms with E-state index in [0.717, 1.165) is 22.4 Å². The second-order valence-corrected chi connectivity index (χ2v) is 10.6. The molecule has 2 aromatic carbocycles. The topological polar surface area (TPSA) is 105 Å². The summed E-state index contributed by atoms with van der Waals surface area (Å²) in [4.78, 5) is 15.3. The molecule has 9 heteroatoms. The van der Waals surface area contributed by atoms with E-state index in [2.05, 4.69) is 16.7 Å². The standard InChI is InChI=1S/C28H28N4O4S/c1-2-27(26-9-3-4-16-29-26)37(35,36)31(21-24-8-5-7-22(19-24)12-15-28(33)34)20-23-10-13-25(14-11-23)32-18-6-17-30-32/h2-11,13-14,16-19,27H,1,12,15,20-21H2,(H,33,34). The number of aryl methyl sites for hydroxylation is 1. The van der Waals surface area contributed by atoms with Crippen molar-refractivity contribution in [1.82, 2.24) is 19.1 Å². The molecule has 0 aliphatic heterocycles. The van der Waals surface area contributed by atoms with Gasteiger partial charge in [0.1, 0.15) is 5.25 Å². The third-order valence-corrected chi connectivity index (χ3v) is 7.97. The van der Waals surface area contributed by atoms with Crippen LogP contribution in [0.1, 0.15) is 34.1 Å². The van der Waals surface area contributed by atoms with Crippen molar-refractivity contribution in [3.05, 3.63) is 126 Å². The fourth-order valence-corrected chi connectivity index (χ4v) is 5.72. The van der Waals surface area contributed by atoms with Crippen LogP contribution in [0.4, 0.5) is 0 Å². The summed E-state index contributed by atoms with van der Waals surface area (Å²) in [6.45, 7) is 4.03. The number of carbonyl (C=O) groups is 1. The smallest absolute Gasteiger partial charge is 0.303 e.